The number of hydrogen-bond donors (Lipinski definition) is 1. The van der Waals surface area contributed by atoms with Gasteiger partial charge in [-0.1, -0.05) is 17.7 Å². The predicted octanol–water partition coefficient (Wildman–Crippen LogP) is 3.74. The monoisotopic (exact) mass is 363 g/mol. The van der Waals surface area contributed by atoms with Gasteiger partial charge >= 0.3 is 5.97 Å². The number of rotatable bonds is 4. The predicted molar refractivity (Wildman–Crippen MR) is 104 cm³/mol. The second-order valence-corrected chi connectivity index (χ2v) is 6.50. The summed E-state index contributed by atoms with van der Waals surface area (Å²) in [6.07, 6.45) is -0.930. The molecule has 1 N–H and O–H groups in total. The average molecular weight is 363 g/mol. The van der Waals surface area contributed by atoms with Crippen molar-refractivity contribution in [3.05, 3.63) is 65.0 Å². The zero-order chi connectivity index (χ0) is 19.6. The molecule has 0 fully saturated rings. The molecule has 1 aromatic heterocycles. The molecule has 0 spiro atoms. The van der Waals surface area contributed by atoms with Crippen LogP contribution in [0.5, 0.6) is 0 Å². The van der Waals surface area contributed by atoms with E-state index in [0.29, 0.717) is 22.3 Å². The number of amides is 1. The lowest BCUT2D eigenvalue weighted by atomic mass is 10.2. The van der Waals surface area contributed by atoms with Crippen LogP contribution in [0.15, 0.2) is 42.5 Å². The molecule has 0 aliphatic rings. The summed E-state index contributed by atoms with van der Waals surface area (Å²) in [6, 6.07) is 12.4. The van der Waals surface area contributed by atoms with Gasteiger partial charge in [0, 0.05) is 5.69 Å². The third kappa shape index (κ3) is 4.28. The highest BCUT2D eigenvalue weighted by Gasteiger charge is 2.19. The molecule has 0 saturated heterocycles. The molecule has 1 heterocycles. The summed E-state index contributed by atoms with van der Waals surface area (Å²) in [5.41, 5.74) is 5.05. The van der Waals surface area contributed by atoms with Crippen LogP contribution in [0.3, 0.4) is 0 Å². The van der Waals surface area contributed by atoms with Crippen LogP contribution in [-0.4, -0.2) is 27.9 Å². The quantitative estimate of drug-likeness (QED) is 0.714. The SMILES string of the molecule is Cc1ccc(NC(=O)[C@@H](C)OC(=O)c2ccc3nc(C)c(C)nc3c2)cc1. The minimum atomic E-state index is -0.930. The van der Waals surface area contributed by atoms with Crippen LogP contribution in [0.1, 0.15) is 34.2 Å². The molecule has 6 nitrogen and oxygen atoms in total. The number of carbonyl (C=O) groups excluding carboxylic acids is 2. The zero-order valence-corrected chi connectivity index (χ0v) is 15.7. The molecule has 6 heteroatoms. The van der Waals surface area contributed by atoms with Crippen molar-refractivity contribution < 1.29 is 14.3 Å². The van der Waals surface area contributed by atoms with E-state index in [2.05, 4.69) is 15.3 Å². The number of carbonyl (C=O) groups is 2. The van der Waals surface area contributed by atoms with E-state index in [1.165, 1.54) is 6.92 Å². The molecule has 1 atom stereocenters. The Bertz CT molecular complexity index is 1010. The largest absolute Gasteiger partial charge is 0.449 e. The van der Waals surface area contributed by atoms with Crippen molar-refractivity contribution in [1.29, 1.82) is 0 Å². The number of nitrogens with one attached hydrogen (secondary N) is 1. The van der Waals surface area contributed by atoms with Crippen LogP contribution in [0, 0.1) is 20.8 Å². The van der Waals surface area contributed by atoms with Gasteiger partial charge in [0.2, 0.25) is 0 Å². The van der Waals surface area contributed by atoms with Gasteiger partial charge in [-0.15, -0.1) is 0 Å². The number of benzene rings is 2. The van der Waals surface area contributed by atoms with E-state index in [4.69, 9.17) is 4.74 Å². The normalized spacial score (nSPS) is 11.9. The summed E-state index contributed by atoms with van der Waals surface area (Å²) >= 11 is 0. The standard InChI is InChI=1S/C21H21N3O3/c1-12-5-8-17(9-6-12)24-20(25)15(4)27-21(26)16-7-10-18-19(11-16)23-14(3)13(2)22-18/h5-11,15H,1-4H3,(H,24,25)/t15-/m1/s1. The minimum Gasteiger partial charge on any atom is -0.449 e. The van der Waals surface area contributed by atoms with Crippen molar-refractivity contribution >= 4 is 28.6 Å². The Morgan fingerprint density at radius 1 is 0.926 bits per heavy atom. The second kappa shape index (κ2) is 7.53. The lowest BCUT2D eigenvalue weighted by Gasteiger charge is -2.14. The van der Waals surface area contributed by atoms with Crippen LogP contribution >= 0.6 is 0 Å². The summed E-state index contributed by atoms with van der Waals surface area (Å²) in [5.74, 6) is -0.970. The van der Waals surface area contributed by atoms with E-state index < -0.39 is 12.1 Å². The summed E-state index contributed by atoms with van der Waals surface area (Å²) in [4.78, 5) is 33.5. The highest BCUT2D eigenvalue weighted by atomic mass is 16.5. The minimum absolute atomic E-state index is 0.329. The van der Waals surface area contributed by atoms with Gasteiger partial charge in [-0.3, -0.25) is 4.79 Å². The number of anilines is 1. The van der Waals surface area contributed by atoms with Gasteiger partial charge < -0.3 is 10.1 Å². The first-order chi connectivity index (χ1) is 12.8. The van der Waals surface area contributed by atoms with Crippen molar-refractivity contribution in [3.63, 3.8) is 0 Å². The number of hydrogen-bond acceptors (Lipinski definition) is 5. The van der Waals surface area contributed by atoms with Gasteiger partial charge in [0.25, 0.3) is 5.91 Å². The highest BCUT2D eigenvalue weighted by Crippen LogP contribution is 2.16. The Morgan fingerprint density at radius 3 is 2.22 bits per heavy atom. The molecule has 0 aliphatic heterocycles. The molecule has 2 aromatic carbocycles. The smallest absolute Gasteiger partial charge is 0.338 e. The maximum atomic E-state index is 12.4. The van der Waals surface area contributed by atoms with Gasteiger partial charge in [0.15, 0.2) is 6.10 Å². The first-order valence-electron chi connectivity index (χ1n) is 8.67. The number of aryl methyl sites for hydroxylation is 3. The molecule has 1 amide bonds. The van der Waals surface area contributed by atoms with Crippen molar-refractivity contribution in [3.8, 4) is 0 Å². The third-order valence-electron chi connectivity index (χ3n) is 4.28. The zero-order valence-electron chi connectivity index (χ0n) is 15.7. The summed E-state index contributed by atoms with van der Waals surface area (Å²) < 4.78 is 5.30. The first kappa shape index (κ1) is 18.5. The van der Waals surface area contributed by atoms with Crippen LogP contribution in [0.4, 0.5) is 5.69 Å². The van der Waals surface area contributed by atoms with Crippen molar-refractivity contribution in [1.82, 2.24) is 9.97 Å². The Balaban J connectivity index is 1.70. The molecule has 0 saturated carbocycles. The number of aromatic nitrogens is 2. The van der Waals surface area contributed by atoms with Gasteiger partial charge in [-0.2, -0.15) is 0 Å². The van der Waals surface area contributed by atoms with E-state index in [1.54, 1.807) is 30.3 Å². The average Bonchev–Trinajstić information content (AvgIpc) is 2.64. The third-order valence-corrected chi connectivity index (χ3v) is 4.28. The van der Waals surface area contributed by atoms with Gasteiger partial charge in [-0.25, -0.2) is 14.8 Å². The fraction of sp³-hybridized carbons (Fsp3) is 0.238. The number of nitrogens with zero attached hydrogens (tertiary/aromatic N) is 2. The Kier molecular flexibility index (Phi) is 5.16. The van der Waals surface area contributed by atoms with Crippen LogP contribution in [-0.2, 0) is 9.53 Å². The maximum absolute atomic E-state index is 12.4. The number of ether oxygens (including phenoxy) is 1. The van der Waals surface area contributed by atoms with Crippen molar-refractivity contribution in [2.45, 2.75) is 33.8 Å². The maximum Gasteiger partial charge on any atom is 0.338 e. The number of esters is 1. The van der Waals surface area contributed by atoms with Crippen molar-refractivity contribution in [2.24, 2.45) is 0 Å². The van der Waals surface area contributed by atoms with E-state index in [1.807, 2.05) is 32.9 Å². The fourth-order valence-electron chi connectivity index (χ4n) is 2.52. The van der Waals surface area contributed by atoms with E-state index in [-0.39, 0.29) is 5.91 Å². The van der Waals surface area contributed by atoms with Gasteiger partial charge in [0.1, 0.15) is 0 Å². The molecule has 0 bridgehead atoms. The highest BCUT2D eigenvalue weighted by molar-refractivity contribution is 5.98. The van der Waals surface area contributed by atoms with Gasteiger partial charge in [-0.05, 0) is 58.0 Å². The summed E-state index contributed by atoms with van der Waals surface area (Å²) in [7, 11) is 0. The van der Waals surface area contributed by atoms with E-state index in [9.17, 15) is 9.59 Å². The van der Waals surface area contributed by atoms with Crippen LogP contribution < -0.4 is 5.32 Å². The molecular formula is C21H21N3O3. The van der Waals surface area contributed by atoms with Crippen LogP contribution in [0.25, 0.3) is 11.0 Å². The Hall–Kier alpha value is -3.28. The van der Waals surface area contributed by atoms with Gasteiger partial charge in [0.05, 0.1) is 28.0 Å². The Morgan fingerprint density at radius 2 is 1.56 bits per heavy atom. The molecule has 3 aromatic rings. The van der Waals surface area contributed by atoms with Crippen molar-refractivity contribution in [2.75, 3.05) is 5.32 Å². The fourth-order valence-corrected chi connectivity index (χ4v) is 2.52. The molecule has 0 unspecified atom stereocenters. The molecule has 138 valence electrons. The van der Waals surface area contributed by atoms with E-state index >= 15 is 0 Å². The molecule has 0 aliphatic carbocycles. The van der Waals surface area contributed by atoms with E-state index in [0.717, 1.165) is 17.0 Å². The molecule has 27 heavy (non-hydrogen) atoms. The Labute approximate surface area is 157 Å². The topological polar surface area (TPSA) is 81.2 Å². The second-order valence-electron chi connectivity index (χ2n) is 6.50. The summed E-state index contributed by atoms with van der Waals surface area (Å²) in [5, 5.41) is 2.73. The van der Waals surface area contributed by atoms with Crippen LogP contribution in [0.2, 0.25) is 0 Å². The molecule has 0 radical (unpaired) electrons. The lowest BCUT2D eigenvalue weighted by Crippen LogP contribution is -2.30. The first-order valence-corrected chi connectivity index (χ1v) is 8.67. The number of fused-ring (bicyclic) bond motifs is 1. The molecule has 3 rings (SSSR count). The summed E-state index contributed by atoms with van der Waals surface area (Å²) in [6.45, 7) is 7.26. The molecular weight excluding hydrogens is 342 g/mol. The lowest BCUT2D eigenvalue weighted by molar-refractivity contribution is -0.123.